The van der Waals surface area contributed by atoms with Gasteiger partial charge in [0, 0.05) is 19.6 Å². The molecule has 1 atom stereocenters. The van der Waals surface area contributed by atoms with Crippen LogP contribution in [0.4, 0.5) is 0 Å². The summed E-state index contributed by atoms with van der Waals surface area (Å²) >= 11 is 6.29. The first-order chi connectivity index (χ1) is 7.81. The van der Waals surface area contributed by atoms with Gasteiger partial charge in [0.2, 0.25) is 0 Å². The zero-order valence-corrected chi connectivity index (χ0v) is 10.5. The van der Waals surface area contributed by atoms with Crippen molar-refractivity contribution in [2.45, 2.75) is 19.4 Å². The topological polar surface area (TPSA) is 6.48 Å². The molecule has 0 spiro atoms. The van der Waals surface area contributed by atoms with Crippen LogP contribution in [0.2, 0.25) is 0 Å². The molecule has 1 fully saturated rings. The maximum Gasteiger partial charge on any atom is 0.0628 e. The van der Waals surface area contributed by atoms with Crippen LogP contribution in [0.3, 0.4) is 0 Å². The van der Waals surface area contributed by atoms with E-state index in [2.05, 4.69) is 42.2 Å². The van der Waals surface area contributed by atoms with Gasteiger partial charge in [-0.1, -0.05) is 37.3 Å². The average Bonchev–Trinajstić information content (AvgIpc) is 2.33. The molecule has 0 radical (unpaired) electrons. The van der Waals surface area contributed by atoms with Gasteiger partial charge in [0.05, 0.1) is 6.04 Å². The molecule has 3 heteroatoms. The summed E-state index contributed by atoms with van der Waals surface area (Å²) in [6.45, 7) is 6.47. The second-order valence-electron chi connectivity index (χ2n) is 4.35. The van der Waals surface area contributed by atoms with Crippen molar-refractivity contribution in [1.29, 1.82) is 0 Å². The van der Waals surface area contributed by atoms with Crippen LogP contribution in [-0.4, -0.2) is 35.5 Å². The van der Waals surface area contributed by atoms with Crippen molar-refractivity contribution in [3.8, 4) is 0 Å². The van der Waals surface area contributed by atoms with Crippen LogP contribution < -0.4 is 0 Å². The second-order valence-corrected chi connectivity index (χ2v) is 4.78. The third-order valence-electron chi connectivity index (χ3n) is 3.12. The van der Waals surface area contributed by atoms with E-state index in [0.29, 0.717) is 6.04 Å². The summed E-state index contributed by atoms with van der Waals surface area (Å²) in [6, 6.07) is 10.9. The van der Waals surface area contributed by atoms with Crippen molar-refractivity contribution in [2.24, 2.45) is 0 Å². The lowest BCUT2D eigenvalue weighted by molar-refractivity contribution is 0.138. The van der Waals surface area contributed by atoms with E-state index in [0.717, 1.165) is 19.6 Å². The molecule has 0 N–H and O–H groups in total. The lowest BCUT2D eigenvalue weighted by atomic mass is 10.0. The average molecular weight is 239 g/mol. The van der Waals surface area contributed by atoms with Gasteiger partial charge in [-0.05, 0) is 30.3 Å². The summed E-state index contributed by atoms with van der Waals surface area (Å²) in [5.41, 5.74) is 1.32. The Labute approximate surface area is 103 Å². The Morgan fingerprint density at radius 1 is 1.25 bits per heavy atom. The summed E-state index contributed by atoms with van der Waals surface area (Å²) in [4.78, 5) is 2.50. The highest BCUT2D eigenvalue weighted by molar-refractivity contribution is 6.13. The van der Waals surface area contributed by atoms with E-state index in [-0.39, 0.29) is 0 Å². The molecular weight excluding hydrogens is 220 g/mol. The highest BCUT2D eigenvalue weighted by Crippen LogP contribution is 2.26. The lowest BCUT2D eigenvalue weighted by Crippen LogP contribution is -2.44. The van der Waals surface area contributed by atoms with E-state index < -0.39 is 0 Å². The van der Waals surface area contributed by atoms with Crippen LogP contribution in [0.15, 0.2) is 30.3 Å². The van der Waals surface area contributed by atoms with Gasteiger partial charge in [-0.25, -0.2) is 4.42 Å². The Bertz CT molecular complexity index is 315. The Morgan fingerprint density at radius 2 is 2.00 bits per heavy atom. The van der Waals surface area contributed by atoms with Crippen LogP contribution in [0.1, 0.15) is 24.9 Å². The fourth-order valence-corrected chi connectivity index (χ4v) is 2.53. The number of piperazine rings is 1. The summed E-state index contributed by atoms with van der Waals surface area (Å²) < 4.78 is 1.95. The molecule has 0 aliphatic carbocycles. The van der Waals surface area contributed by atoms with Crippen LogP contribution in [0.25, 0.3) is 0 Å². The predicted molar refractivity (Wildman–Crippen MR) is 68.5 cm³/mol. The molecular formula is C13H19ClN2. The van der Waals surface area contributed by atoms with Gasteiger partial charge in [-0.3, -0.25) is 0 Å². The first-order valence-corrected chi connectivity index (χ1v) is 6.34. The standard InChI is InChI=1S/C13H19ClN2/c1-2-8-15-9-10-16(14)13(11-15)12-6-4-3-5-7-12/h3-7,13H,2,8-11H2,1H3. The monoisotopic (exact) mass is 238 g/mol. The van der Waals surface area contributed by atoms with Gasteiger partial charge in [-0.2, -0.15) is 0 Å². The summed E-state index contributed by atoms with van der Waals surface area (Å²) in [7, 11) is 0. The minimum absolute atomic E-state index is 0.336. The van der Waals surface area contributed by atoms with E-state index >= 15 is 0 Å². The molecule has 1 aliphatic heterocycles. The number of rotatable bonds is 3. The number of hydrogen-bond acceptors (Lipinski definition) is 2. The first kappa shape index (κ1) is 11.9. The molecule has 1 aromatic rings. The summed E-state index contributed by atoms with van der Waals surface area (Å²) in [5, 5.41) is 0. The lowest BCUT2D eigenvalue weighted by Gasteiger charge is -2.37. The van der Waals surface area contributed by atoms with Gasteiger partial charge in [0.15, 0.2) is 0 Å². The Morgan fingerprint density at radius 3 is 2.69 bits per heavy atom. The third kappa shape index (κ3) is 2.76. The first-order valence-electron chi connectivity index (χ1n) is 6.01. The van der Waals surface area contributed by atoms with E-state index in [1.165, 1.54) is 18.5 Å². The van der Waals surface area contributed by atoms with E-state index in [9.17, 15) is 0 Å². The van der Waals surface area contributed by atoms with E-state index in [4.69, 9.17) is 11.8 Å². The van der Waals surface area contributed by atoms with Crippen molar-refractivity contribution < 1.29 is 0 Å². The van der Waals surface area contributed by atoms with Crippen LogP contribution in [0.5, 0.6) is 0 Å². The number of hydrogen-bond donors (Lipinski definition) is 0. The summed E-state index contributed by atoms with van der Waals surface area (Å²) in [6.07, 6.45) is 1.21. The molecule has 2 nitrogen and oxygen atoms in total. The molecule has 0 amide bonds. The molecule has 0 bridgehead atoms. The molecule has 16 heavy (non-hydrogen) atoms. The van der Waals surface area contributed by atoms with Crippen LogP contribution in [-0.2, 0) is 0 Å². The Kier molecular flexibility index (Phi) is 4.22. The third-order valence-corrected chi connectivity index (χ3v) is 3.53. The van der Waals surface area contributed by atoms with E-state index in [1.807, 2.05) is 4.42 Å². The SMILES string of the molecule is CCCN1CCN(Cl)C(c2ccccc2)C1. The predicted octanol–water partition coefficient (Wildman–Crippen LogP) is 2.91. The minimum Gasteiger partial charge on any atom is -0.300 e. The van der Waals surface area contributed by atoms with Crippen LogP contribution >= 0.6 is 11.8 Å². The highest BCUT2D eigenvalue weighted by Gasteiger charge is 2.26. The van der Waals surface area contributed by atoms with Gasteiger partial charge >= 0.3 is 0 Å². The molecule has 0 aromatic heterocycles. The molecule has 88 valence electrons. The van der Waals surface area contributed by atoms with Crippen molar-refractivity contribution in [2.75, 3.05) is 26.2 Å². The number of benzene rings is 1. The summed E-state index contributed by atoms with van der Waals surface area (Å²) in [5.74, 6) is 0. The van der Waals surface area contributed by atoms with Gasteiger partial charge < -0.3 is 4.90 Å². The van der Waals surface area contributed by atoms with E-state index in [1.54, 1.807) is 0 Å². The van der Waals surface area contributed by atoms with Gasteiger partial charge in [-0.15, -0.1) is 0 Å². The fraction of sp³-hybridized carbons (Fsp3) is 0.538. The number of halogens is 1. The zero-order chi connectivity index (χ0) is 11.4. The molecule has 1 aliphatic rings. The number of nitrogens with zero attached hydrogens (tertiary/aromatic N) is 2. The van der Waals surface area contributed by atoms with Crippen molar-refractivity contribution in [3.63, 3.8) is 0 Å². The normalized spacial score (nSPS) is 23.5. The Balaban J connectivity index is 2.07. The van der Waals surface area contributed by atoms with Crippen molar-refractivity contribution in [3.05, 3.63) is 35.9 Å². The van der Waals surface area contributed by atoms with Gasteiger partial charge in [0.1, 0.15) is 0 Å². The molecule has 1 saturated heterocycles. The maximum absolute atomic E-state index is 6.29. The smallest absolute Gasteiger partial charge is 0.0628 e. The quantitative estimate of drug-likeness (QED) is 0.748. The zero-order valence-electron chi connectivity index (χ0n) is 9.77. The molecule has 0 saturated carbocycles. The van der Waals surface area contributed by atoms with Gasteiger partial charge in [0.25, 0.3) is 0 Å². The Hall–Kier alpha value is -0.570. The molecule has 1 heterocycles. The maximum atomic E-state index is 6.29. The minimum atomic E-state index is 0.336. The molecule has 1 aromatic carbocycles. The molecule has 1 unspecified atom stereocenters. The second kappa shape index (κ2) is 5.67. The highest BCUT2D eigenvalue weighted by atomic mass is 35.5. The van der Waals surface area contributed by atoms with Crippen molar-refractivity contribution >= 4 is 11.8 Å². The largest absolute Gasteiger partial charge is 0.300 e. The van der Waals surface area contributed by atoms with Crippen LogP contribution in [0, 0.1) is 0 Å². The van der Waals surface area contributed by atoms with Crippen molar-refractivity contribution in [1.82, 2.24) is 9.32 Å². The fourth-order valence-electron chi connectivity index (χ4n) is 2.28. The molecule has 2 rings (SSSR count).